The minimum Gasteiger partial charge on any atom is -0.497 e. The van der Waals surface area contributed by atoms with Crippen LogP contribution in [0.25, 0.3) is 0 Å². The minimum atomic E-state index is -0.248. The first-order valence-electron chi connectivity index (χ1n) is 11.1. The quantitative estimate of drug-likeness (QED) is 0.469. The minimum absolute atomic E-state index is 0.0540. The molecule has 1 aliphatic carbocycles. The Bertz CT molecular complexity index is 1080. The summed E-state index contributed by atoms with van der Waals surface area (Å²) in [5, 5.41) is 2.92. The second-order valence-corrected chi connectivity index (χ2v) is 9.64. The number of urea groups is 1. The van der Waals surface area contributed by atoms with E-state index in [4.69, 9.17) is 4.74 Å². The summed E-state index contributed by atoms with van der Waals surface area (Å²) in [6, 6.07) is 21.2. The number of rotatable bonds is 9. The average Bonchev–Trinajstić information content (AvgIpc) is 3.59. The third-order valence-corrected chi connectivity index (χ3v) is 6.59. The molecular weight excluding hydrogens is 434 g/mol. The van der Waals surface area contributed by atoms with Crippen LogP contribution in [0.4, 0.5) is 10.5 Å². The van der Waals surface area contributed by atoms with Crippen molar-refractivity contribution in [2.45, 2.75) is 38.9 Å². The van der Waals surface area contributed by atoms with E-state index in [0.29, 0.717) is 18.8 Å². The van der Waals surface area contributed by atoms with Crippen molar-refractivity contribution in [1.82, 2.24) is 9.80 Å². The summed E-state index contributed by atoms with van der Waals surface area (Å²) < 4.78 is 5.18. The van der Waals surface area contributed by atoms with E-state index >= 15 is 0 Å². The lowest BCUT2D eigenvalue weighted by molar-refractivity contribution is -0.133. The Hall–Kier alpha value is -3.32. The normalized spacial score (nSPS) is 12.8. The second-order valence-electron chi connectivity index (χ2n) is 8.27. The molecule has 172 valence electrons. The molecule has 1 heterocycles. The highest BCUT2D eigenvalue weighted by Crippen LogP contribution is 2.28. The fourth-order valence-electron chi connectivity index (χ4n) is 3.66. The van der Waals surface area contributed by atoms with Gasteiger partial charge >= 0.3 is 6.03 Å². The molecule has 0 radical (unpaired) electrons. The van der Waals surface area contributed by atoms with Crippen molar-refractivity contribution < 1.29 is 14.3 Å². The van der Waals surface area contributed by atoms with Crippen LogP contribution in [0.2, 0.25) is 0 Å². The van der Waals surface area contributed by atoms with Gasteiger partial charge in [-0.2, -0.15) is 0 Å². The molecule has 3 aromatic rings. The number of carbonyl (C=O) groups is 2. The van der Waals surface area contributed by atoms with E-state index in [2.05, 4.69) is 24.4 Å². The molecule has 0 spiro atoms. The largest absolute Gasteiger partial charge is 0.497 e. The van der Waals surface area contributed by atoms with Gasteiger partial charge < -0.3 is 19.9 Å². The highest BCUT2D eigenvalue weighted by molar-refractivity contribution is 7.11. The number of thiophene rings is 1. The Morgan fingerprint density at radius 1 is 1.00 bits per heavy atom. The van der Waals surface area contributed by atoms with E-state index in [1.54, 1.807) is 47.6 Å². The monoisotopic (exact) mass is 463 g/mol. The Morgan fingerprint density at radius 2 is 1.73 bits per heavy atom. The number of anilines is 1. The maximum absolute atomic E-state index is 13.4. The van der Waals surface area contributed by atoms with Gasteiger partial charge in [0.05, 0.1) is 13.7 Å². The first-order chi connectivity index (χ1) is 16.0. The highest BCUT2D eigenvalue weighted by atomic mass is 32.1. The zero-order valence-electron chi connectivity index (χ0n) is 19.0. The van der Waals surface area contributed by atoms with Gasteiger partial charge in [0.2, 0.25) is 5.91 Å². The number of carbonyl (C=O) groups excluding carboxylic acids is 2. The summed E-state index contributed by atoms with van der Waals surface area (Å²) in [5.41, 5.74) is 1.74. The van der Waals surface area contributed by atoms with Crippen LogP contribution in [-0.2, 0) is 17.9 Å². The second kappa shape index (κ2) is 10.5. The molecule has 7 heteroatoms. The summed E-state index contributed by atoms with van der Waals surface area (Å²) >= 11 is 1.70. The van der Waals surface area contributed by atoms with Gasteiger partial charge in [0.25, 0.3) is 0 Å². The number of hydrogen-bond donors (Lipinski definition) is 1. The van der Waals surface area contributed by atoms with Crippen molar-refractivity contribution in [3.8, 4) is 5.75 Å². The molecule has 3 amide bonds. The van der Waals surface area contributed by atoms with Crippen molar-refractivity contribution in [2.24, 2.45) is 0 Å². The molecule has 0 atom stereocenters. The fourth-order valence-corrected chi connectivity index (χ4v) is 4.57. The molecule has 1 aromatic heterocycles. The lowest BCUT2D eigenvalue weighted by Crippen LogP contribution is -2.45. The molecule has 1 fully saturated rings. The van der Waals surface area contributed by atoms with Crippen LogP contribution >= 0.6 is 11.3 Å². The zero-order chi connectivity index (χ0) is 23.2. The Labute approximate surface area is 198 Å². The van der Waals surface area contributed by atoms with Gasteiger partial charge in [0, 0.05) is 28.0 Å². The molecule has 0 saturated heterocycles. The van der Waals surface area contributed by atoms with Crippen molar-refractivity contribution in [3.05, 3.63) is 82.0 Å². The maximum Gasteiger partial charge on any atom is 0.322 e. The van der Waals surface area contributed by atoms with Gasteiger partial charge in [0.1, 0.15) is 12.3 Å². The topological polar surface area (TPSA) is 61.9 Å². The summed E-state index contributed by atoms with van der Waals surface area (Å²) in [7, 11) is 1.60. The number of benzene rings is 2. The van der Waals surface area contributed by atoms with Gasteiger partial charge in [-0.1, -0.05) is 30.3 Å². The van der Waals surface area contributed by atoms with Crippen LogP contribution in [0.1, 0.15) is 28.2 Å². The summed E-state index contributed by atoms with van der Waals surface area (Å²) in [6.07, 6.45) is 1.85. The van der Waals surface area contributed by atoms with E-state index in [1.165, 1.54) is 4.88 Å². The molecule has 4 rings (SSSR count). The van der Waals surface area contributed by atoms with Crippen molar-refractivity contribution in [3.63, 3.8) is 0 Å². The predicted octanol–water partition coefficient (Wildman–Crippen LogP) is 5.29. The number of methoxy groups -OCH3 is 1. The zero-order valence-corrected chi connectivity index (χ0v) is 19.8. The van der Waals surface area contributed by atoms with Crippen LogP contribution in [0, 0.1) is 6.92 Å². The molecule has 33 heavy (non-hydrogen) atoms. The van der Waals surface area contributed by atoms with Gasteiger partial charge in [-0.3, -0.25) is 4.79 Å². The highest BCUT2D eigenvalue weighted by Gasteiger charge is 2.35. The molecule has 1 aliphatic rings. The van der Waals surface area contributed by atoms with Crippen LogP contribution in [0.5, 0.6) is 5.75 Å². The molecule has 0 bridgehead atoms. The van der Waals surface area contributed by atoms with Crippen molar-refractivity contribution >= 4 is 29.0 Å². The Kier molecular flexibility index (Phi) is 7.29. The predicted molar refractivity (Wildman–Crippen MR) is 131 cm³/mol. The van der Waals surface area contributed by atoms with Crippen LogP contribution in [-0.4, -0.2) is 41.4 Å². The molecule has 6 nitrogen and oxygen atoms in total. The third-order valence-electron chi connectivity index (χ3n) is 5.61. The van der Waals surface area contributed by atoms with E-state index in [0.717, 1.165) is 29.0 Å². The molecular formula is C26H29N3O3S. The van der Waals surface area contributed by atoms with Crippen LogP contribution in [0.3, 0.4) is 0 Å². The molecule has 1 saturated carbocycles. The first kappa shape index (κ1) is 22.9. The fraction of sp³-hybridized carbons (Fsp3) is 0.308. The molecule has 2 aromatic carbocycles. The summed E-state index contributed by atoms with van der Waals surface area (Å²) in [4.78, 5) is 32.3. The average molecular weight is 464 g/mol. The lowest BCUT2D eigenvalue weighted by atomic mass is 10.2. The van der Waals surface area contributed by atoms with Crippen molar-refractivity contribution in [1.29, 1.82) is 0 Å². The number of aryl methyl sites for hydroxylation is 1. The lowest BCUT2D eigenvalue weighted by Gasteiger charge is -2.28. The van der Waals surface area contributed by atoms with Gasteiger partial charge in [-0.05, 0) is 61.7 Å². The Morgan fingerprint density at radius 3 is 2.33 bits per heavy atom. The maximum atomic E-state index is 13.4. The van der Waals surface area contributed by atoms with Crippen molar-refractivity contribution in [2.75, 3.05) is 19.0 Å². The van der Waals surface area contributed by atoms with E-state index < -0.39 is 0 Å². The number of amides is 3. The van der Waals surface area contributed by atoms with E-state index in [1.807, 2.05) is 35.2 Å². The summed E-state index contributed by atoms with van der Waals surface area (Å²) in [5.74, 6) is 0.671. The van der Waals surface area contributed by atoms with Gasteiger partial charge in [-0.15, -0.1) is 11.3 Å². The first-order valence-corrected chi connectivity index (χ1v) is 11.9. The molecule has 0 aliphatic heterocycles. The Balaban J connectivity index is 1.46. The van der Waals surface area contributed by atoms with Crippen LogP contribution in [0.15, 0.2) is 66.7 Å². The third kappa shape index (κ3) is 6.35. The van der Waals surface area contributed by atoms with Crippen LogP contribution < -0.4 is 10.1 Å². The van der Waals surface area contributed by atoms with Gasteiger partial charge in [0.15, 0.2) is 0 Å². The number of nitrogens with zero attached hydrogens (tertiary/aromatic N) is 2. The summed E-state index contributed by atoms with van der Waals surface area (Å²) in [6.45, 7) is 3.17. The number of ether oxygens (including phenoxy) is 1. The number of nitrogens with one attached hydrogen (secondary N) is 1. The van der Waals surface area contributed by atoms with E-state index in [9.17, 15) is 9.59 Å². The number of hydrogen-bond acceptors (Lipinski definition) is 4. The van der Waals surface area contributed by atoms with Gasteiger partial charge in [-0.25, -0.2) is 4.79 Å². The smallest absolute Gasteiger partial charge is 0.322 e. The molecule has 1 N–H and O–H groups in total. The SMILES string of the molecule is COc1ccc(NC(=O)N(CC(=O)N(Cc2ccccc2)Cc2ccc(C)s2)C2CC2)cc1. The standard InChI is InChI=1S/C26H29N3O3S/c1-19-8-15-24(33-19)17-28(16-20-6-4-3-5-7-20)25(30)18-29(22-11-12-22)26(31)27-21-9-13-23(32-2)14-10-21/h3-10,13-15,22H,11-12,16-18H2,1-2H3,(H,27,31). The van der Waals surface area contributed by atoms with E-state index in [-0.39, 0.29) is 24.5 Å². The molecule has 0 unspecified atom stereocenters.